The van der Waals surface area contributed by atoms with Gasteiger partial charge < -0.3 is 68.6 Å². The number of carbonyl (C=O) groups is 4. The molecular formula is C62H76F2N6O12. The second-order valence-corrected chi connectivity index (χ2v) is 20.5. The number of rotatable bonds is 26. The lowest BCUT2D eigenvalue weighted by Gasteiger charge is -2.17. The lowest BCUT2D eigenvalue weighted by molar-refractivity contribution is -0.368. The van der Waals surface area contributed by atoms with Gasteiger partial charge in [0.1, 0.15) is 23.7 Å². The van der Waals surface area contributed by atoms with Crippen molar-refractivity contribution in [2.45, 2.75) is 138 Å². The third kappa shape index (κ3) is 21.2. The Morgan fingerprint density at radius 3 is 1.34 bits per heavy atom. The molecule has 0 unspecified atom stereocenters. The van der Waals surface area contributed by atoms with Crippen LogP contribution in [0.5, 0.6) is 0 Å². The standard InChI is InChI=1S/2C25H24FNO4.2C6H14N2O2/c2*26-17-9-7-15(8-10-17)24-20-3-1-2-4-22(20)27-25(16-5-6-16)21(24)12-11-18(28)13-19(29)14-23(30)31;2*7-4-2-1-3-5(8)6(9)10/h2*1-4,7-12,16,18-19,28-29H,5-6,13-14H2,(H,30,31);2*5H,1-4,7-8H2,(H,9,10)/b2*12-11+;;/t2*18-,19-;2*5-/m1100/s1. The molecule has 2 heterocycles. The summed E-state index contributed by atoms with van der Waals surface area (Å²) < 4.78 is 27.1. The van der Waals surface area contributed by atoms with Crippen LogP contribution in [0.3, 0.4) is 0 Å². The van der Waals surface area contributed by atoms with Gasteiger partial charge in [0.25, 0.3) is 0 Å². The fourth-order valence-electron chi connectivity index (χ4n) is 9.01. The molecule has 0 radical (unpaired) electrons. The SMILES string of the molecule is NCCCC[C@H](N)C(=O)O.N[C@@H](CCCC[NH3+])C(=O)O.O=C(O)C[C@H](O)C[C@H](O)/C=C/c1c(C2CC2)nc2ccccc2c1-c1ccc(F)cc1.O=C([O-])C[C@H](O)C[C@H](O)/C=C/c1c(C2CC2)nc2ccccc2c1-c1ccc(F)cc1. The van der Waals surface area contributed by atoms with Crippen molar-refractivity contribution in [2.24, 2.45) is 17.2 Å². The number of aliphatic hydroxyl groups excluding tert-OH is 4. The Labute approximate surface area is 474 Å². The summed E-state index contributed by atoms with van der Waals surface area (Å²) in [6.45, 7) is 1.46. The van der Waals surface area contributed by atoms with Crippen molar-refractivity contribution in [3.63, 3.8) is 0 Å². The number of aliphatic hydroxyl groups is 4. The molecule has 16 N–H and O–H groups in total. The molecule has 0 saturated heterocycles. The third-order valence-electron chi connectivity index (χ3n) is 13.5. The van der Waals surface area contributed by atoms with E-state index in [0.717, 1.165) is 124 Å². The molecule has 0 amide bonds. The first-order valence-corrected chi connectivity index (χ1v) is 27.5. The number of aromatic nitrogens is 2. The van der Waals surface area contributed by atoms with Crippen LogP contribution in [0.2, 0.25) is 0 Å². The maximum Gasteiger partial charge on any atom is 0.320 e. The molecule has 2 fully saturated rings. The fraction of sp³-hybridized carbons (Fsp3) is 0.387. The summed E-state index contributed by atoms with van der Waals surface area (Å²) >= 11 is 0. The normalized spacial score (nSPS) is 15.2. The number of carbonyl (C=O) groups excluding carboxylic acids is 1. The van der Waals surface area contributed by atoms with Gasteiger partial charge in [-0.15, -0.1) is 0 Å². The van der Waals surface area contributed by atoms with Crippen LogP contribution in [0.1, 0.15) is 124 Å². The summed E-state index contributed by atoms with van der Waals surface area (Å²) in [6, 6.07) is 26.8. The number of benzene rings is 4. The molecule has 82 heavy (non-hydrogen) atoms. The van der Waals surface area contributed by atoms with E-state index in [1.165, 1.54) is 24.3 Å². The topological polar surface area (TPSA) is 364 Å². The van der Waals surface area contributed by atoms with E-state index >= 15 is 0 Å². The van der Waals surface area contributed by atoms with Gasteiger partial charge in [0.15, 0.2) is 0 Å². The zero-order valence-electron chi connectivity index (χ0n) is 45.7. The van der Waals surface area contributed by atoms with Crippen LogP contribution in [-0.2, 0) is 19.2 Å². The number of para-hydroxylation sites is 2. The molecule has 6 atom stereocenters. The number of aliphatic carboxylic acids is 4. The first-order valence-electron chi connectivity index (χ1n) is 27.5. The summed E-state index contributed by atoms with van der Waals surface area (Å²) in [5.41, 5.74) is 28.1. The molecule has 0 bridgehead atoms. The van der Waals surface area contributed by atoms with Crippen LogP contribution < -0.4 is 28.0 Å². The average Bonchev–Trinajstić information content (AvgIpc) is 4.47. The smallest absolute Gasteiger partial charge is 0.320 e. The largest absolute Gasteiger partial charge is 0.550 e. The van der Waals surface area contributed by atoms with Gasteiger partial charge in [-0.3, -0.25) is 24.4 Å². The summed E-state index contributed by atoms with van der Waals surface area (Å²) in [5.74, 6) is -4.30. The summed E-state index contributed by atoms with van der Waals surface area (Å²) in [4.78, 5) is 51.4. The highest BCUT2D eigenvalue weighted by molar-refractivity contribution is 6.00. The van der Waals surface area contributed by atoms with Gasteiger partial charge in [0.2, 0.25) is 0 Å². The van der Waals surface area contributed by atoms with E-state index in [9.17, 15) is 53.5 Å². The van der Waals surface area contributed by atoms with Gasteiger partial charge in [-0.1, -0.05) is 91.4 Å². The number of hydrogen-bond acceptors (Lipinski definition) is 14. The van der Waals surface area contributed by atoms with E-state index < -0.39 is 73.2 Å². The average molecular weight is 1140 g/mol. The zero-order chi connectivity index (χ0) is 59.9. The van der Waals surface area contributed by atoms with E-state index in [0.29, 0.717) is 31.2 Å². The number of nitrogens with zero attached hydrogens (tertiary/aromatic N) is 2. The number of unbranched alkanes of at least 4 members (excludes halogenated alkanes) is 2. The summed E-state index contributed by atoms with van der Waals surface area (Å²) in [6.07, 6.45) is 9.85. The maximum absolute atomic E-state index is 13.6. The second kappa shape index (κ2) is 32.9. The first-order chi connectivity index (χ1) is 39.2. The van der Waals surface area contributed by atoms with Gasteiger partial charge in [0, 0.05) is 70.1 Å². The number of quaternary nitrogens is 1. The van der Waals surface area contributed by atoms with Crippen LogP contribution in [0.25, 0.3) is 56.2 Å². The minimum absolute atomic E-state index is 0.0749. The number of hydrogen-bond donors (Lipinski definition) is 11. The van der Waals surface area contributed by atoms with Crippen molar-refractivity contribution in [3.8, 4) is 22.3 Å². The number of carboxylic acids is 4. The number of pyridine rings is 2. The molecule has 2 saturated carbocycles. The van der Waals surface area contributed by atoms with Crippen LogP contribution in [0.4, 0.5) is 8.78 Å². The van der Waals surface area contributed by atoms with Crippen molar-refractivity contribution < 1.29 is 74.5 Å². The van der Waals surface area contributed by atoms with Crippen LogP contribution in [0.15, 0.2) is 109 Å². The van der Waals surface area contributed by atoms with Gasteiger partial charge in [-0.2, -0.15) is 0 Å². The Kier molecular flexibility index (Phi) is 26.2. The number of carboxylic acid groups (broad SMARTS) is 4. The van der Waals surface area contributed by atoms with Crippen molar-refractivity contribution in [3.05, 3.63) is 143 Å². The Morgan fingerprint density at radius 2 is 0.988 bits per heavy atom. The Balaban J connectivity index is 0.000000227. The van der Waals surface area contributed by atoms with E-state index in [1.54, 1.807) is 48.6 Å². The highest BCUT2D eigenvalue weighted by Crippen LogP contribution is 2.47. The van der Waals surface area contributed by atoms with Crippen LogP contribution in [-0.4, -0.2) is 119 Å². The first kappa shape index (κ1) is 65.4. The number of halogens is 2. The van der Waals surface area contributed by atoms with Crippen molar-refractivity contribution >= 4 is 57.8 Å². The van der Waals surface area contributed by atoms with Crippen molar-refractivity contribution in [1.82, 2.24) is 9.97 Å². The highest BCUT2D eigenvalue weighted by atomic mass is 19.1. The lowest BCUT2D eigenvalue weighted by Crippen LogP contribution is -2.50. The van der Waals surface area contributed by atoms with Gasteiger partial charge in [0.05, 0.1) is 59.8 Å². The van der Waals surface area contributed by atoms with Gasteiger partial charge in [-0.05, 0) is 112 Å². The van der Waals surface area contributed by atoms with Gasteiger partial charge >= 0.3 is 17.9 Å². The Bertz CT molecular complexity index is 2890. The minimum atomic E-state index is -1.36. The Morgan fingerprint density at radius 1 is 0.598 bits per heavy atom. The molecule has 0 aliphatic heterocycles. The number of nitrogens with two attached hydrogens (primary N) is 3. The molecule has 2 aromatic heterocycles. The summed E-state index contributed by atoms with van der Waals surface area (Å²) in [7, 11) is 0. The molecule has 18 nitrogen and oxygen atoms in total. The summed E-state index contributed by atoms with van der Waals surface area (Å²) in [5, 5.41) is 78.2. The molecule has 440 valence electrons. The van der Waals surface area contributed by atoms with Crippen molar-refractivity contribution in [1.29, 1.82) is 0 Å². The third-order valence-corrected chi connectivity index (χ3v) is 13.5. The van der Waals surface area contributed by atoms with E-state index in [4.69, 9.17) is 42.5 Å². The molecule has 6 aromatic rings. The molecule has 4 aromatic carbocycles. The number of fused-ring (bicyclic) bond motifs is 2. The van der Waals surface area contributed by atoms with Gasteiger partial charge in [-0.25, -0.2) is 8.78 Å². The van der Waals surface area contributed by atoms with E-state index in [2.05, 4.69) is 5.73 Å². The second-order valence-electron chi connectivity index (χ2n) is 20.5. The van der Waals surface area contributed by atoms with E-state index in [-0.39, 0.29) is 24.5 Å². The lowest BCUT2D eigenvalue weighted by atomic mass is 9.92. The minimum Gasteiger partial charge on any atom is -0.550 e. The molecule has 8 rings (SSSR count). The van der Waals surface area contributed by atoms with Crippen LogP contribution in [0, 0.1) is 11.6 Å². The fourth-order valence-corrected chi connectivity index (χ4v) is 9.01. The zero-order valence-corrected chi connectivity index (χ0v) is 45.7. The van der Waals surface area contributed by atoms with E-state index in [1.807, 2.05) is 48.5 Å². The van der Waals surface area contributed by atoms with Crippen molar-refractivity contribution in [2.75, 3.05) is 13.1 Å². The molecule has 2 aliphatic rings. The maximum atomic E-state index is 13.6. The molecule has 20 heteroatoms. The molecule has 2 aliphatic carbocycles. The van der Waals surface area contributed by atoms with Crippen LogP contribution >= 0.6 is 0 Å². The molecule has 0 spiro atoms. The monoisotopic (exact) mass is 1130 g/mol. The predicted octanol–water partition coefficient (Wildman–Crippen LogP) is 6.04. The highest BCUT2D eigenvalue weighted by Gasteiger charge is 2.31. The molecular weight excluding hydrogens is 1060 g/mol. The quantitative estimate of drug-likeness (QED) is 0.0276. The predicted molar refractivity (Wildman–Crippen MR) is 307 cm³/mol. The Hall–Kier alpha value is -7.40.